The van der Waals surface area contributed by atoms with Crippen molar-refractivity contribution in [1.82, 2.24) is 9.97 Å². The Morgan fingerprint density at radius 3 is 2.76 bits per heavy atom. The van der Waals surface area contributed by atoms with E-state index in [-0.39, 0.29) is 23.3 Å². The number of ketones is 1. The van der Waals surface area contributed by atoms with Crippen molar-refractivity contribution < 1.29 is 9.53 Å². The number of carbonyl (C=O) groups is 1. The summed E-state index contributed by atoms with van der Waals surface area (Å²) in [5.74, 6) is 1.87. The normalized spacial score (nSPS) is 23.7. The van der Waals surface area contributed by atoms with Gasteiger partial charge in [0.05, 0.1) is 55.6 Å². The van der Waals surface area contributed by atoms with Crippen LogP contribution in [-0.4, -0.2) is 73.1 Å². The lowest BCUT2D eigenvalue weighted by Crippen LogP contribution is -2.50. The number of hydrogen-bond donors (Lipinski definition) is 1. The van der Waals surface area contributed by atoms with Crippen LogP contribution < -0.4 is 20.4 Å². The highest BCUT2D eigenvalue weighted by atomic mass is 16.5. The summed E-state index contributed by atoms with van der Waals surface area (Å²) in [5, 5.41) is 0. The summed E-state index contributed by atoms with van der Waals surface area (Å²) in [6.45, 7) is 16.1. The summed E-state index contributed by atoms with van der Waals surface area (Å²) in [5.41, 5.74) is 10.6. The average Bonchev–Trinajstić information content (AvgIpc) is 3.49. The van der Waals surface area contributed by atoms with Crippen molar-refractivity contribution in [2.75, 3.05) is 54.0 Å². The second-order valence-corrected chi connectivity index (χ2v) is 10.8. The molecule has 10 heteroatoms. The van der Waals surface area contributed by atoms with Crippen molar-refractivity contribution in [2.24, 2.45) is 16.1 Å². The zero-order chi connectivity index (χ0) is 26.4. The van der Waals surface area contributed by atoms with Crippen LogP contribution in [0.5, 0.6) is 0 Å². The van der Waals surface area contributed by atoms with Gasteiger partial charge in [-0.15, -0.1) is 0 Å². The minimum atomic E-state index is 0.0702. The molecule has 5 heterocycles. The number of nitrogens with two attached hydrogens (primary N) is 1. The molecule has 4 aliphatic heterocycles. The highest BCUT2D eigenvalue weighted by Crippen LogP contribution is 2.42. The quantitative estimate of drug-likeness (QED) is 0.621. The molecule has 198 valence electrons. The van der Waals surface area contributed by atoms with Gasteiger partial charge in [0.25, 0.3) is 0 Å². The molecule has 1 aromatic carbocycles. The first-order valence-corrected chi connectivity index (χ1v) is 13.5. The number of benzene rings is 1. The van der Waals surface area contributed by atoms with Crippen molar-refractivity contribution in [3.05, 3.63) is 47.2 Å². The number of ether oxygens (including phenoxy) is 1. The molecule has 2 atom stereocenters. The fourth-order valence-corrected chi connectivity index (χ4v) is 6.19. The number of nitrogens with zero attached hydrogens (tertiary/aromatic N) is 7. The van der Waals surface area contributed by atoms with Crippen molar-refractivity contribution in [3.63, 3.8) is 0 Å². The fourth-order valence-electron chi connectivity index (χ4n) is 6.19. The van der Waals surface area contributed by atoms with E-state index in [1.807, 2.05) is 31.3 Å². The minimum absolute atomic E-state index is 0.0702. The first kappa shape index (κ1) is 24.8. The Kier molecular flexibility index (Phi) is 6.28. The summed E-state index contributed by atoms with van der Waals surface area (Å²) < 4.78 is 5.87. The fraction of sp³-hybridized carbons (Fsp3) is 0.536. The second-order valence-electron chi connectivity index (χ2n) is 10.8. The van der Waals surface area contributed by atoms with Gasteiger partial charge >= 0.3 is 0 Å². The highest BCUT2D eigenvalue weighted by Gasteiger charge is 2.47. The van der Waals surface area contributed by atoms with E-state index in [2.05, 4.69) is 26.5 Å². The molecule has 0 radical (unpaired) electrons. The maximum atomic E-state index is 12.2. The molecule has 38 heavy (non-hydrogen) atoms. The number of rotatable bonds is 4. The molecule has 0 bridgehead atoms. The Labute approximate surface area is 223 Å². The molecule has 1 spiro atoms. The van der Waals surface area contributed by atoms with Crippen molar-refractivity contribution in [3.8, 4) is 0 Å². The Hall–Kier alpha value is -3.55. The van der Waals surface area contributed by atoms with E-state index in [1.54, 1.807) is 0 Å². The third-order valence-electron chi connectivity index (χ3n) is 8.68. The van der Waals surface area contributed by atoms with E-state index in [9.17, 15) is 4.79 Å². The van der Waals surface area contributed by atoms with Gasteiger partial charge in [0.2, 0.25) is 0 Å². The zero-order valence-corrected chi connectivity index (χ0v) is 22.1. The standard InChI is InChI=1S/C28H34N8O2/c1-4-20(37)16-35-11-12-36(22-6-5-19(30-3)13-23(22)35)27-25-21(14-32-27)33-24(15-31-25)34-9-7-28(8-10-34)17-38-18(2)26(28)29/h5-6,13,15,18,26H,4,7-12,14,16-17,29H2,1-2H3/t18-,26+/m0/s1. The van der Waals surface area contributed by atoms with Crippen LogP contribution in [0.15, 0.2) is 29.4 Å². The topological polar surface area (TPSA) is 105 Å². The SMILES string of the molecule is [C-]#[N+]c1ccc2c(c1)N(CC(=O)CC)CCN2C1=NCc2nc(N3CCC4(CC3)CO[C@@H](C)[C@H]4N)cnc21. The van der Waals surface area contributed by atoms with Crippen LogP contribution in [0.3, 0.4) is 0 Å². The van der Waals surface area contributed by atoms with Gasteiger partial charge in [-0.25, -0.2) is 14.8 Å². The van der Waals surface area contributed by atoms with E-state index in [1.165, 1.54) is 0 Å². The Balaban J connectivity index is 1.22. The number of carbonyl (C=O) groups excluding carboxylic acids is 1. The molecule has 10 nitrogen and oxygen atoms in total. The van der Waals surface area contributed by atoms with Crippen molar-refractivity contribution in [2.45, 2.75) is 51.8 Å². The van der Waals surface area contributed by atoms with Gasteiger partial charge in [0.15, 0.2) is 17.3 Å². The molecule has 0 aliphatic carbocycles. The van der Waals surface area contributed by atoms with Crippen molar-refractivity contribution >= 4 is 34.5 Å². The Morgan fingerprint density at radius 2 is 2.05 bits per heavy atom. The maximum absolute atomic E-state index is 12.2. The van der Waals surface area contributed by atoms with Crippen molar-refractivity contribution in [1.29, 1.82) is 0 Å². The molecule has 2 N–H and O–H groups in total. The zero-order valence-electron chi connectivity index (χ0n) is 22.1. The number of fused-ring (bicyclic) bond motifs is 2. The van der Waals surface area contributed by atoms with Gasteiger partial charge in [-0.2, -0.15) is 0 Å². The smallest absolute Gasteiger partial charge is 0.189 e. The first-order valence-electron chi connectivity index (χ1n) is 13.5. The first-order chi connectivity index (χ1) is 18.4. The largest absolute Gasteiger partial charge is 0.376 e. The molecule has 1 aromatic heterocycles. The molecule has 0 saturated carbocycles. The van der Waals surface area contributed by atoms with Gasteiger partial charge in [-0.05, 0) is 31.9 Å². The van der Waals surface area contributed by atoms with Crippen LogP contribution in [-0.2, 0) is 16.1 Å². The molecule has 2 fully saturated rings. The second kappa shape index (κ2) is 9.64. The number of amidine groups is 1. The summed E-state index contributed by atoms with van der Waals surface area (Å²) >= 11 is 0. The van der Waals surface area contributed by atoms with Crippen LogP contribution >= 0.6 is 0 Å². The molecule has 6 rings (SSSR count). The number of anilines is 3. The highest BCUT2D eigenvalue weighted by molar-refractivity contribution is 6.13. The van der Waals surface area contributed by atoms with E-state index in [0.29, 0.717) is 38.3 Å². The minimum Gasteiger partial charge on any atom is -0.376 e. The molecular formula is C28H34N8O2. The summed E-state index contributed by atoms with van der Waals surface area (Å²) in [7, 11) is 0. The van der Waals surface area contributed by atoms with E-state index < -0.39 is 0 Å². The predicted octanol–water partition coefficient (Wildman–Crippen LogP) is 2.93. The van der Waals surface area contributed by atoms with Gasteiger partial charge in [-0.3, -0.25) is 9.79 Å². The lowest BCUT2D eigenvalue weighted by atomic mass is 9.73. The van der Waals surface area contributed by atoms with Crippen LogP contribution in [0.4, 0.5) is 22.9 Å². The average molecular weight is 515 g/mol. The van der Waals surface area contributed by atoms with Gasteiger partial charge in [0.1, 0.15) is 11.5 Å². The molecule has 2 saturated heterocycles. The summed E-state index contributed by atoms with van der Waals surface area (Å²) in [6.07, 6.45) is 4.46. The molecule has 0 amide bonds. The van der Waals surface area contributed by atoms with E-state index >= 15 is 0 Å². The summed E-state index contributed by atoms with van der Waals surface area (Å²) in [4.78, 5) is 37.1. The lowest BCUT2D eigenvalue weighted by Gasteiger charge is -2.41. The number of piperidine rings is 1. The molecule has 0 unspecified atom stereocenters. The van der Waals surface area contributed by atoms with Gasteiger partial charge < -0.3 is 25.2 Å². The van der Waals surface area contributed by atoms with Gasteiger partial charge in [-0.1, -0.05) is 13.0 Å². The lowest BCUT2D eigenvalue weighted by molar-refractivity contribution is -0.117. The van der Waals surface area contributed by atoms with E-state index in [4.69, 9.17) is 32.0 Å². The monoisotopic (exact) mass is 514 g/mol. The Bertz CT molecular complexity index is 1330. The van der Waals surface area contributed by atoms with Crippen LogP contribution in [0.25, 0.3) is 4.85 Å². The number of aliphatic imine (C=N–C) groups is 1. The van der Waals surface area contributed by atoms with E-state index in [0.717, 1.165) is 67.0 Å². The number of aromatic nitrogens is 2. The predicted molar refractivity (Wildman–Crippen MR) is 147 cm³/mol. The number of hydrogen-bond acceptors (Lipinski definition) is 9. The third-order valence-corrected chi connectivity index (χ3v) is 8.68. The summed E-state index contributed by atoms with van der Waals surface area (Å²) in [6, 6.07) is 5.73. The molecule has 2 aromatic rings. The van der Waals surface area contributed by atoms with Crippen LogP contribution in [0.2, 0.25) is 0 Å². The van der Waals surface area contributed by atoms with Crippen LogP contribution in [0.1, 0.15) is 44.5 Å². The number of Topliss-reactive ketones (excluding diaryl/α,β-unsaturated/α-hetero) is 1. The third kappa shape index (κ3) is 4.10. The Morgan fingerprint density at radius 1 is 1.24 bits per heavy atom. The molecule has 4 aliphatic rings. The maximum Gasteiger partial charge on any atom is 0.189 e. The van der Waals surface area contributed by atoms with Gasteiger partial charge in [0, 0.05) is 44.1 Å². The van der Waals surface area contributed by atoms with Crippen LogP contribution in [0, 0.1) is 12.0 Å². The molecular weight excluding hydrogens is 480 g/mol.